The fourth-order valence-electron chi connectivity index (χ4n) is 2.21. The molecular formula is C12H21N3O4. The summed E-state index contributed by atoms with van der Waals surface area (Å²) in [6.07, 6.45) is 1.67. The Morgan fingerprint density at radius 2 is 1.89 bits per heavy atom. The number of amides is 3. The SMILES string of the molecule is CC(NC(=O)N[C@H]1CC[C@@H](C(=O)O)C1)C(=O)N(C)C. The van der Waals surface area contributed by atoms with Crippen molar-refractivity contribution in [2.45, 2.75) is 38.3 Å². The van der Waals surface area contributed by atoms with Crippen LogP contribution in [0.1, 0.15) is 26.2 Å². The average molecular weight is 271 g/mol. The lowest BCUT2D eigenvalue weighted by molar-refractivity contribution is -0.141. The van der Waals surface area contributed by atoms with Gasteiger partial charge < -0.3 is 20.6 Å². The lowest BCUT2D eigenvalue weighted by Gasteiger charge is -2.20. The standard InChI is InChI=1S/C12H21N3O4/c1-7(10(16)15(2)3)13-12(19)14-9-5-4-8(6-9)11(17)18/h7-9H,4-6H2,1-3H3,(H,17,18)(H2,13,14,19)/t7?,8-,9+/m1/s1. The Bertz CT molecular complexity index is 370. The van der Waals surface area contributed by atoms with Crippen LogP contribution in [0, 0.1) is 5.92 Å². The maximum absolute atomic E-state index is 11.7. The van der Waals surface area contributed by atoms with Gasteiger partial charge in [0.2, 0.25) is 5.91 Å². The van der Waals surface area contributed by atoms with E-state index in [2.05, 4.69) is 10.6 Å². The van der Waals surface area contributed by atoms with Crippen molar-refractivity contribution in [3.05, 3.63) is 0 Å². The van der Waals surface area contributed by atoms with E-state index < -0.39 is 18.0 Å². The minimum Gasteiger partial charge on any atom is -0.481 e. The van der Waals surface area contributed by atoms with Gasteiger partial charge in [-0.3, -0.25) is 9.59 Å². The zero-order chi connectivity index (χ0) is 14.6. The largest absolute Gasteiger partial charge is 0.481 e. The van der Waals surface area contributed by atoms with Gasteiger partial charge in [0.15, 0.2) is 0 Å². The molecule has 108 valence electrons. The number of carbonyl (C=O) groups excluding carboxylic acids is 2. The molecule has 0 bridgehead atoms. The number of nitrogens with zero attached hydrogens (tertiary/aromatic N) is 1. The molecule has 19 heavy (non-hydrogen) atoms. The molecule has 0 aliphatic heterocycles. The van der Waals surface area contributed by atoms with E-state index in [9.17, 15) is 14.4 Å². The van der Waals surface area contributed by atoms with Crippen molar-refractivity contribution in [3.63, 3.8) is 0 Å². The van der Waals surface area contributed by atoms with Gasteiger partial charge in [0, 0.05) is 20.1 Å². The third-order valence-corrected chi connectivity index (χ3v) is 3.28. The highest BCUT2D eigenvalue weighted by atomic mass is 16.4. The first-order chi connectivity index (χ1) is 8.81. The Kier molecular flexibility index (Phi) is 5.14. The molecule has 3 amide bonds. The van der Waals surface area contributed by atoms with E-state index in [1.807, 2.05) is 0 Å². The van der Waals surface area contributed by atoms with Crippen LogP contribution in [-0.2, 0) is 9.59 Å². The second-order valence-electron chi connectivity index (χ2n) is 5.12. The number of likely N-dealkylation sites (N-methyl/N-ethyl adjacent to an activating group) is 1. The van der Waals surface area contributed by atoms with Gasteiger partial charge in [-0.25, -0.2) is 4.79 Å². The summed E-state index contributed by atoms with van der Waals surface area (Å²) >= 11 is 0. The molecule has 1 saturated carbocycles. The highest BCUT2D eigenvalue weighted by Crippen LogP contribution is 2.25. The van der Waals surface area contributed by atoms with Crippen molar-refractivity contribution in [3.8, 4) is 0 Å². The van der Waals surface area contributed by atoms with Crippen LogP contribution in [0.2, 0.25) is 0 Å². The average Bonchev–Trinajstić information content (AvgIpc) is 2.76. The minimum absolute atomic E-state index is 0.136. The number of carboxylic acids is 1. The molecule has 1 fully saturated rings. The van der Waals surface area contributed by atoms with Crippen molar-refractivity contribution in [1.29, 1.82) is 0 Å². The van der Waals surface area contributed by atoms with Crippen molar-refractivity contribution in [2.75, 3.05) is 14.1 Å². The molecule has 7 heteroatoms. The Morgan fingerprint density at radius 1 is 1.26 bits per heavy atom. The third kappa shape index (κ3) is 4.42. The lowest BCUT2D eigenvalue weighted by atomic mass is 10.1. The second kappa shape index (κ2) is 6.40. The highest BCUT2D eigenvalue weighted by molar-refractivity contribution is 5.86. The second-order valence-corrected chi connectivity index (χ2v) is 5.12. The number of hydrogen-bond donors (Lipinski definition) is 3. The van der Waals surface area contributed by atoms with Crippen LogP contribution in [0.4, 0.5) is 4.79 Å². The summed E-state index contributed by atoms with van der Waals surface area (Å²) in [5.74, 6) is -1.39. The van der Waals surface area contributed by atoms with Crippen LogP contribution in [-0.4, -0.2) is 54.1 Å². The van der Waals surface area contributed by atoms with E-state index in [0.717, 1.165) is 0 Å². The molecule has 1 rings (SSSR count). The van der Waals surface area contributed by atoms with E-state index in [1.165, 1.54) is 4.90 Å². The molecule has 1 unspecified atom stereocenters. The summed E-state index contributed by atoms with van der Waals surface area (Å²) in [5, 5.41) is 14.1. The Balaban J connectivity index is 2.36. The maximum atomic E-state index is 11.7. The molecule has 3 N–H and O–H groups in total. The van der Waals surface area contributed by atoms with Crippen LogP contribution in [0.15, 0.2) is 0 Å². The first-order valence-corrected chi connectivity index (χ1v) is 6.32. The first kappa shape index (κ1) is 15.3. The van der Waals surface area contributed by atoms with Gasteiger partial charge >= 0.3 is 12.0 Å². The van der Waals surface area contributed by atoms with Crippen molar-refractivity contribution in [1.82, 2.24) is 15.5 Å². The van der Waals surface area contributed by atoms with Crippen LogP contribution < -0.4 is 10.6 Å². The summed E-state index contributed by atoms with van der Waals surface area (Å²) in [6, 6.07) is -1.17. The Morgan fingerprint density at radius 3 is 2.37 bits per heavy atom. The zero-order valence-corrected chi connectivity index (χ0v) is 11.5. The van der Waals surface area contributed by atoms with Crippen molar-refractivity contribution >= 4 is 17.9 Å². The fraction of sp³-hybridized carbons (Fsp3) is 0.750. The van der Waals surface area contributed by atoms with Crippen LogP contribution >= 0.6 is 0 Å². The van der Waals surface area contributed by atoms with Crippen molar-refractivity contribution in [2.24, 2.45) is 5.92 Å². The molecule has 0 aromatic carbocycles. The summed E-state index contributed by atoms with van der Waals surface area (Å²) in [6.45, 7) is 1.61. The smallest absolute Gasteiger partial charge is 0.315 e. The maximum Gasteiger partial charge on any atom is 0.315 e. The number of aliphatic carboxylic acids is 1. The predicted octanol–water partition coefficient (Wildman–Crippen LogP) is 0.0156. The molecular weight excluding hydrogens is 250 g/mol. The van der Waals surface area contributed by atoms with E-state index in [-0.39, 0.29) is 17.9 Å². The predicted molar refractivity (Wildman–Crippen MR) is 68.6 cm³/mol. The number of rotatable bonds is 4. The Labute approximate surface area is 112 Å². The molecule has 0 aromatic rings. The molecule has 0 aromatic heterocycles. The Hall–Kier alpha value is -1.79. The monoisotopic (exact) mass is 271 g/mol. The minimum atomic E-state index is -0.819. The topological polar surface area (TPSA) is 98.7 Å². The van der Waals surface area contributed by atoms with Gasteiger partial charge in [-0.2, -0.15) is 0 Å². The van der Waals surface area contributed by atoms with Gasteiger partial charge in [0.25, 0.3) is 0 Å². The normalized spacial score (nSPS) is 23.5. The van der Waals surface area contributed by atoms with Crippen LogP contribution in [0.3, 0.4) is 0 Å². The molecule has 1 aliphatic rings. The van der Waals surface area contributed by atoms with E-state index >= 15 is 0 Å². The molecule has 7 nitrogen and oxygen atoms in total. The van der Waals surface area contributed by atoms with Gasteiger partial charge in [-0.1, -0.05) is 0 Å². The van der Waals surface area contributed by atoms with Gasteiger partial charge in [-0.05, 0) is 26.2 Å². The summed E-state index contributed by atoms with van der Waals surface area (Å²) in [5.41, 5.74) is 0. The summed E-state index contributed by atoms with van der Waals surface area (Å²) in [4.78, 5) is 35.4. The molecule has 0 radical (unpaired) electrons. The molecule has 1 aliphatic carbocycles. The molecule has 0 heterocycles. The molecule has 0 spiro atoms. The number of carboxylic acid groups (broad SMARTS) is 1. The number of nitrogens with one attached hydrogen (secondary N) is 2. The summed E-state index contributed by atoms with van der Waals surface area (Å²) in [7, 11) is 3.24. The van der Waals surface area contributed by atoms with Gasteiger partial charge in [0.05, 0.1) is 5.92 Å². The van der Waals surface area contributed by atoms with E-state index in [0.29, 0.717) is 19.3 Å². The number of urea groups is 1. The quantitative estimate of drug-likeness (QED) is 0.671. The lowest BCUT2D eigenvalue weighted by Crippen LogP contribution is -2.50. The molecule has 3 atom stereocenters. The first-order valence-electron chi connectivity index (χ1n) is 6.32. The van der Waals surface area contributed by atoms with Crippen LogP contribution in [0.25, 0.3) is 0 Å². The number of carbonyl (C=O) groups is 3. The van der Waals surface area contributed by atoms with Gasteiger partial charge in [-0.15, -0.1) is 0 Å². The molecule has 0 saturated heterocycles. The van der Waals surface area contributed by atoms with E-state index in [4.69, 9.17) is 5.11 Å². The zero-order valence-electron chi connectivity index (χ0n) is 11.5. The van der Waals surface area contributed by atoms with E-state index in [1.54, 1.807) is 21.0 Å². The third-order valence-electron chi connectivity index (χ3n) is 3.28. The summed E-state index contributed by atoms with van der Waals surface area (Å²) < 4.78 is 0. The van der Waals surface area contributed by atoms with Crippen LogP contribution in [0.5, 0.6) is 0 Å². The van der Waals surface area contributed by atoms with Crippen molar-refractivity contribution < 1.29 is 19.5 Å². The van der Waals surface area contributed by atoms with Gasteiger partial charge in [0.1, 0.15) is 6.04 Å². The number of hydrogen-bond acceptors (Lipinski definition) is 3. The highest BCUT2D eigenvalue weighted by Gasteiger charge is 2.30. The fourth-order valence-corrected chi connectivity index (χ4v) is 2.21.